The number of likely N-dealkylation sites (tertiary alicyclic amines) is 1. The van der Waals surface area contributed by atoms with Crippen molar-refractivity contribution in [2.24, 2.45) is 0 Å². The summed E-state index contributed by atoms with van der Waals surface area (Å²) in [7, 11) is 0. The summed E-state index contributed by atoms with van der Waals surface area (Å²) in [5.41, 5.74) is 5.60. The highest BCUT2D eigenvalue weighted by Crippen LogP contribution is 2.12. The zero-order chi connectivity index (χ0) is 9.97. The van der Waals surface area contributed by atoms with E-state index in [1.54, 1.807) is 4.68 Å². The molecule has 2 heterocycles. The molecule has 1 aliphatic heterocycles. The third kappa shape index (κ3) is 1.84. The van der Waals surface area contributed by atoms with Gasteiger partial charge in [0.1, 0.15) is 0 Å². The molecular weight excluding hydrogens is 180 g/mol. The number of hydrogen-bond donors (Lipinski definition) is 1. The Morgan fingerprint density at radius 3 is 2.71 bits per heavy atom. The van der Waals surface area contributed by atoms with Gasteiger partial charge in [-0.2, -0.15) is 0 Å². The van der Waals surface area contributed by atoms with E-state index in [0.717, 1.165) is 6.54 Å². The Bertz CT molecular complexity index is 290. The van der Waals surface area contributed by atoms with E-state index in [0.29, 0.717) is 12.0 Å². The fraction of sp³-hybridized carbons (Fsp3) is 0.875. The second-order valence-corrected chi connectivity index (χ2v) is 3.81. The second-order valence-electron chi connectivity index (χ2n) is 3.81. The van der Waals surface area contributed by atoms with Crippen LogP contribution in [0.2, 0.25) is 0 Å². The van der Waals surface area contributed by atoms with E-state index in [4.69, 9.17) is 5.73 Å². The summed E-state index contributed by atoms with van der Waals surface area (Å²) in [6.07, 6.45) is 2.60. The van der Waals surface area contributed by atoms with Crippen LogP contribution >= 0.6 is 0 Å². The summed E-state index contributed by atoms with van der Waals surface area (Å²) in [5, 5.41) is 11.0. The number of tetrazole rings is 1. The van der Waals surface area contributed by atoms with E-state index in [1.807, 2.05) is 0 Å². The Hall–Kier alpha value is -1.17. The summed E-state index contributed by atoms with van der Waals surface area (Å²) in [6, 6.07) is 0.461. The minimum Gasteiger partial charge on any atom is -0.367 e. The number of nitrogens with zero attached hydrogens (tertiary/aromatic N) is 5. The third-order valence-corrected chi connectivity index (χ3v) is 2.76. The molecule has 0 spiro atoms. The highest BCUT2D eigenvalue weighted by Gasteiger charge is 2.19. The van der Waals surface area contributed by atoms with Crippen LogP contribution in [0.25, 0.3) is 0 Å². The van der Waals surface area contributed by atoms with Gasteiger partial charge in [-0.1, -0.05) is 5.10 Å². The Morgan fingerprint density at radius 2 is 2.14 bits per heavy atom. The lowest BCUT2D eigenvalue weighted by atomic mass is 10.3. The largest absolute Gasteiger partial charge is 0.367 e. The van der Waals surface area contributed by atoms with Crippen molar-refractivity contribution < 1.29 is 0 Å². The van der Waals surface area contributed by atoms with E-state index in [1.165, 1.54) is 25.9 Å². The molecule has 0 bridgehead atoms. The van der Waals surface area contributed by atoms with E-state index in [2.05, 4.69) is 27.3 Å². The number of nitrogen functional groups attached to an aromatic ring is 1. The van der Waals surface area contributed by atoms with Gasteiger partial charge in [0.2, 0.25) is 5.95 Å². The molecule has 78 valence electrons. The molecule has 0 amide bonds. The van der Waals surface area contributed by atoms with Crippen LogP contribution in [-0.4, -0.2) is 44.2 Å². The lowest BCUT2D eigenvalue weighted by Crippen LogP contribution is -2.34. The average Bonchev–Trinajstić information content (AvgIpc) is 2.77. The maximum absolute atomic E-state index is 5.60. The summed E-state index contributed by atoms with van der Waals surface area (Å²) < 4.78 is 1.66. The van der Waals surface area contributed by atoms with E-state index in [9.17, 15) is 0 Å². The highest BCUT2D eigenvalue weighted by atomic mass is 15.6. The topological polar surface area (TPSA) is 72.9 Å². The van der Waals surface area contributed by atoms with Gasteiger partial charge in [0.05, 0.1) is 6.54 Å². The Balaban J connectivity index is 1.93. The molecule has 0 aromatic carbocycles. The number of hydrogen-bond acceptors (Lipinski definition) is 5. The monoisotopic (exact) mass is 196 g/mol. The van der Waals surface area contributed by atoms with Crippen molar-refractivity contribution in [1.29, 1.82) is 0 Å². The zero-order valence-corrected chi connectivity index (χ0v) is 8.43. The van der Waals surface area contributed by atoms with Crippen LogP contribution in [0.4, 0.5) is 5.95 Å². The minimum atomic E-state index is 0.399. The summed E-state index contributed by atoms with van der Waals surface area (Å²) in [5.74, 6) is 0.399. The van der Waals surface area contributed by atoms with Crippen molar-refractivity contribution in [2.45, 2.75) is 32.4 Å². The average molecular weight is 196 g/mol. The Labute approximate surface area is 83.1 Å². The van der Waals surface area contributed by atoms with Gasteiger partial charge in [0, 0.05) is 6.04 Å². The van der Waals surface area contributed by atoms with Crippen molar-refractivity contribution in [3.05, 3.63) is 0 Å². The smallest absolute Gasteiger partial charge is 0.240 e. The van der Waals surface area contributed by atoms with E-state index >= 15 is 0 Å². The molecule has 1 aromatic rings. The molecule has 1 aliphatic rings. The van der Waals surface area contributed by atoms with Crippen molar-refractivity contribution in [1.82, 2.24) is 25.1 Å². The van der Waals surface area contributed by atoms with Gasteiger partial charge in [-0.15, -0.1) is 0 Å². The van der Waals surface area contributed by atoms with Gasteiger partial charge in [0.15, 0.2) is 0 Å². The number of aromatic nitrogens is 4. The lowest BCUT2D eigenvalue weighted by molar-refractivity contribution is 0.230. The van der Waals surface area contributed by atoms with Gasteiger partial charge < -0.3 is 5.73 Å². The number of anilines is 1. The van der Waals surface area contributed by atoms with Crippen molar-refractivity contribution >= 4 is 5.95 Å². The molecule has 1 atom stereocenters. The summed E-state index contributed by atoms with van der Waals surface area (Å²) >= 11 is 0. The third-order valence-electron chi connectivity index (χ3n) is 2.76. The van der Waals surface area contributed by atoms with Crippen LogP contribution in [0.3, 0.4) is 0 Å². The first-order valence-corrected chi connectivity index (χ1v) is 5.03. The predicted octanol–water partition coefficient (Wildman–Crippen LogP) is -0.260. The van der Waals surface area contributed by atoms with Gasteiger partial charge >= 0.3 is 0 Å². The molecule has 14 heavy (non-hydrogen) atoms. The van der Waals surface area contributed by atoms with Crippen LogP contribution in [0, 0.1) is 0 Å². The minimum absolute atomic E-state index is 0.399. The number of nitrogens with two attached hydrogens (primary N) is 1. The van der Waals surface area contributed by atoms with Crippen LogP contribution in [-0.2, 0) is 6.54 Å². The first kappa shape index (κ1) is 9.39. The van der Waals surface area contributed by atoms with Crippen LogP contribution < -0.4 is 5.73 Å². The molecule has 6 heteroatoms. The zero-order valence-electron chi connectivity index (χ0n) is 8.43. The predicted molar refractivity (Wildman–Crippen MR) is 52.5 cm³/mol. The molecule has 1 aromatic heterocycles. The molecule has 2 N–H and O–H groups in total. The highest BCUT2D eigenvalue weighted by molar-refractivity contribution is 5.10. The molecule has 1 unspecified atom stereocenters. The van der Waals surface area contributed by atoms with Crippen molar-refractivity contribution in [3.8, 4) is 0 Å². The lowest BCUT2D eigenvalue weighted by Gasteiger charge is -2.23. The van der Waals surface area contributed by atoms with E-state index in [-0.39, 0.29) is 0 Å². The fourth-order valence-electron chi connectivity index (χ4n) is 1.89. The standard InChI is InChI=1S/C8H16N6/c1-7(13-4-2-3-5-13)6-14-8(9)10-11-12-14/h7H,2-6H2,1H3,(H2,9,10,12). The van der Waals surface area contributed by atoms with Gasteiger partial charge in [-0.05, 0) is 43.3 Å². The van der Waals surface area contributed by atoms with Gasteiger partial charge in [-0.25, -0.2) is 4.68 Å². The maximum atomic E-state index is 5.60. The molecule has 0 aliphatic carbocycles. The Kier molecular flexibility index (Phi) is 2.62. The molecular formula is C8H16N6. The summed E-state index contributed by atoms with van der Waals surface area (Å²) in [6.45, 7) is 5.33. The van der Waals surface area contributed by atoms with Crippen molar-refractivity contribution in [2.75, 3.05) is 18.8 Å². The molecule has 0 radical (unpaired) electrons. The van der Waals surface area contributed by atoms with Crippen LogP contribution in [0.5, 0.6) is 0 Å². The summed E-state index contributed by atoms with van der Waals surface area (Å²) in [4.78, 5) is 2.45. The molecule has 0 saturated carbocycles. The first-order chi connectivity index (χ1) is 6.77. The fourth-order valence-corrected chi connectivity index (χ4v) is 1.89. The van der Waals surface area contributed by atoms with Crippen molar-refractivity contribution in [3.63, 3.8) is 0 Å². The first-order valence-electron chi connectivity index (χ1n) is 5.03. The van der Waals surface area contributed by atoms with Crippen LogP contribution in [0.15, 0.2) is 0 Å². The normalized spacial score (nSPS) is 20.1. The second kappa shape index (κ2) is 3.91. The SMILES string of the molecule is CC(Cn1nnnc1N)N1CCCC1. The molecule has 6 nitrogen and oxygen atoms in total. The molecule has 1 fully saturated rings. The Morgan fingerprint density at radius 1 is 1.43 bits per heavy atom. The van der Waals surface area contributed by atoms with E-state index < -0.39 is 0 Å². The number of rotatable bonds is 3. The molecule has 1 saturated heterocycles. The van der Waals surface area contributed by atoms with Crippen LogP contribution in [0.1, 0.15) is 19.8 Å². The maximum Gasteiger partial charge on any atom is 0.240 e. The van der Waals surface area contributed by atoms with Gasteiger partial charge in [0.25, 0.3) is 0 Å². The quantitative estimate of drug-likeness (QED) is 0.721. The van der Waals surface area contributed by atoms with Gasteiger partial charge in [-0.3, -0.25) is 4.90 Å². The molecule has 2 rings (SSSR count).